The van der Waals surface area contributed by atoms with Crippen molar-refractivity contribution >= 4 is 17.7 Å². The summed E-state index contributed by atoms with van der Waals surface area (Å²) in [6.45, 7) is 6.07. The molecule has 0 aliphatic heterocycles. The number of benzene rings is 1. The molecule has 0 aromatic heterocycles. The maximum atomic E-state index is 12.4. The van der Waals surface area contributed by atoms with Crippen molar-refractivity contribution in [3.05, 3.63) is 29.8 Å². The van der Waals surface area contributed by atoms with Crippen LogP contribution in [0.5, 0.6) is 0 Å². The number of alkyl carbamates (subject to hydrolysis) is 1. The molecule has 1 fully saturated rings. The molecule has 5 N–H and O–H groups in total. The minimum atomic E-state index is -0.558. The van der Waals surface area contributed by atoms with Gasteiger partial charge in [-0.3, -0.25) is 4.79 Å². The second-order valence-electron chi connectivity index (χ2n) is 8.53. The van der Waals surface area contributed by atoms with Gasteiger partial charge in [0.15, 0.2) is 0 Å². The highest BCUT2D eigenvalue weighted by Gasteiger charge is 2.30. The molecule has 1 unspecified atom stereocenters. The lowest BCUT2D eigenvalue weighted by Crippen LogP contribution is -2.44. The molecule has 7 nitrogen and oxygen atoms in total. The molecule has 1 aromatic rings. The van der Waals surface area contributed by atoms with Crippen molar-refractivity contribution in [3.8, 4) is 0 Å². The normalized spacial score (nSPS) is 20.9. The summed E-state index contributed by atoms with van der Waals surface area (Å²) < 4.78 is 5.25. The summed E-state index contributed by atoms with van der Waals surface area (Å²) >= 11 is 0. The molecule has 2 amide bonds. The lowest BCUT2D eigenvalue weighted by atomic mass is 9.78. The Hall–Kier alpha value is -2.12. The van der Waals surface area contributed by atoms with Gasteiger partial charge in [0, 0.05) is 12.2 Å². The molecule has 0 radical (unpaired) electrons. The number of hydrogen-bond acceptors (Lipinski definition) is 5. The van der Waals surface area contributed by atoms with Gasteiger partial charge in [-0.25, -0.2) is 4.79 Å². The van der Waals surface area contributed by atoms with E-state index in [9.17, 15) is 9.59 Å². The Morgan fingerprint density at radius 1 is 1.18 bits per heavy atom. The van der Waals surface area contributed by atoms with Gasteiger partial charge in [-0.2, -0.15) is 0 Å². The predicted octanol–water partition coefficient (Wildman–Crippen LogP) is 2.78. The van der Waals surface area contributed by atoms with E-state index in [1.165, 1.54) is 0 Å². The molecule has 1 aliphatic rings. The van der Waals surface area contributed by atoms with Crippen LogP contribution in [0.3, 0.4) is 0 Å². The van der Waals surface area contributed by atoms with Gasteiger partial charge in [0.1, 0.15) is 5.60 Å². The lowest BCUT2D eigenvalue weighted by Gasteiger charge is -2.31. The fourth-order valence-electron chi connectivity index (χ4n) is 3.43. The third-order valence-electron chi connectivity index (χ3n) is 5.04. The van der Waals surface area contributed by atoms with E-state index in [-0.39, 0.29) is 18.4 Å². The number of anilines is 1. The molecule has 1 atom stereocenters. The van der Waals surface area contributed by atoms with E-state index >= 15 is 0 Å². The van der Waals surface area contributed by atoms with E-state index < -0.39 is 17.7 Å². The molecular formula is C21H33N3O4. The number of aliphatic hydroxyl groups excluding tert-OH is 1. The first kappa shape index (κ1) is 22.2. The summed E-state index contributed by atoms with van der Waals surface area (Å²) in [5, 5.41) is 14.7. The van der Waals surface area contributed by atoms with E-state index in [1.54, 1.807) is 24.3 Å². The molecule has 0 saturated heterocycles. The largest absolute Gasteiger partial charge is 0.444 e. The molecule has 0 spiro atoms. The van der Waals surface area contributed by atoms with Crippen LogP contribution in [0.2, 0.25) is 0 Å². The summed E-state index contributed by atoms with van der Waals surface area (Å²) in [7, 11) is 0. The van der Waals surface area contributed by atoms with Gasteiger partial charge in [0.2, 0.25) is 5.91 Å². The number of aliphatic hydroxyl groups is 1. The summed E-state index contributed by atoms with van der Waals surface area (Å²) in [4.78, 5) is 24.2. The number of ether oxygens (including phenoxy) is 1. The van der Waals surface area contributed by atoms with Crippen LogP contribution in [0, 0.1) is 11.8 Å². The van der Waals surface area contributed by atoms with E-state index in [2.05, 4.69) is 10.6 Å². The van der Waals surface area contributed by atoms with Crippen LogP contribution in [-0.4, -0.2) is 35.3 Å². The van der Waals surface area contributed by atoms with Gasteiger partial charge in [-0.05, 0) is 76.0 Å². The van der Waals surface area contributed by atoms with Crippen molar-refractivity contribution in [1.29, 1.82) is 0 Å². The number of amides is 2. The van der Waals surface area contributed by atoms with Crippen LogP contribution in [0.4, 0.5) is 10.5 Å². The number of nitrogens with one attached hydrogen (secondary N) is 2. The van der Waals surface area contributed by atoms with Crippen molar-refractivity contribution in [1.82, 2.24) is 5.32 Å². The molecule has 1 aliphatic carbocycles. The van der Waals surface area contributed by atoms with E-state index in [0.29, 0.717) is 18.2 Å². The Labute approximate surface area is 167 Å². The van der Waals surface area contributed by atoms with Crippen molar-refractivity contribution in [2.45, 2.75) is 64.7 Å². The first-order valence-corrected chi connectivity index (χ1v) is 9.91. The van der Waals surface area contributed by atoms with Gasteiger partial charge in [-0.15, -0.1) is 0 Å². The Bertz CT molecular complexity index is 647. The third-order valence-corrected chi connectivity index (χ3v) is 5.04. The second kappa shape index (κ2) is 9.89. The summed E-state index contributed by atoms with van der Waals surface area (Å²) in [5.41, 5.74) is 7.16. The zero-order chi connectivity index (χ0) is 20.7. The smallest absolute Gasteiger partial charge is 0.407 e. The van der Waals surface area contributed by atoms with Gasteiger partial charge >= 0.3 is 6.09 Å². The van der Waals surface area contributed by atoms with E-state index in [4.69, 9.17) is 15.6 Å². The first-order valence-electron chi connectivity index (χ1n) is 9.91. The van der Waals surface area contributed by atoms with Crippen LogP contribution in [0.1, 0.15) is 52.0 Å². The lowest BCUT2D eigenvalue weighted by molar-refractivity contribution is -0.118. The summed E-state index contributed by atoms with van der Waals surface area (Å²) in [5.74, 6) is 0.326. The second-order valence-corrected chi connectivity index (χ2v) is 8.53. The van der Waals surface area contributed by atoms with Crippen LogP contribution >= 0.6 is 0 Å². The highest BCUT2D eigenvalue weighted by Crippen LogP contribution is 2.30. The summed E-state index contributed by atoms with van der Waals surface area (Å²) in [6.07, 6.45) is 3.18. The van der Waals surface area contributed by atoms with Crippen molar-refractivity contribution in [3.63, 3.8) is 0 Å². The number of carbonyl (C=O) groups is 2. The SMILES string of the molecule is CC(C)(C)OC(=O)NC[C@H]1CC[C@H](C(N)C(=O)Nc2ccc(CO)cc2)CC1. The first-order chi connectivity index (χ1) is 13.2. The fraction of sp³-hybridized carbons (Fsp3) is 0.619. The monoisotopic (exact) mass is 391 g/mol. The molecule has 0 heterocycles. The average molecular weight is 392 g/mol. The van der Waals surface area contributed by atoms with Crippen LogP contribution in [0.25, 0.3) is 0 Å². The highest BCUT2D eigenvalue weighted by molar-refractivity contribution is 5.94. The topological polar surface area (TPSA) is 114 Å². The van der Waals surface area contributed by atoms with Crippen molar-refractivity contribution in [2.75, 3.05) is 11.9 Å². The van der Waals surface area contributed by atoms with Gasteiger partial charge in [0.25, 0.3) is 0 Å². The van der Waals surface area contributed by atoms with Gasteiger partial charge in [0.05, 0.1) is 12.6 Å². The molecule has 2 rings (SSSR count). The van der Waals surface area contributed by atoms with Crippen LogP contribution in [-0.2, 0) is 16.1 Å². The van der Waals surface area contributed by atoms with Gasteiger partial charge in [-0.1, -0.05) is 12.1 Å². The van der Waals surface area contributed by atoms with Gasteiger partial charge < -0.3 is 26.2 Å². The number of rotatable bonds is 6. The molecule has 156 valence electrons. The standard InChI is InChI=1S/C21H33N3O4/c1-21(2,3)28-20(27)23-12-14-4-8-16(9-5-14)18(22)19(26)24-17-10-6-15(13-25)7-11-17/h6-7,10-11,14,16,18,25H,4-5,8-9,12-13,22H2,1-3H3,(H,23,27)(H,24,26)/t14-,16-,18?. The minimum Gasteiger partial charge on any atom is -0.444 e. The Morgan fingerprint density at radius 2 is 1.79 bits per heavy atom. The summed E-state index contributed by atoms with van der Waals surface area (Å²) in [6, 6.07) is 6.50. The zero-order valence-electron chi connectivity index (χ0n) is 17.0. The fourth-order valence-corrected chi connectivity index (χ4v) is 3.43. The number of carbonyl (C=O) groups excluding carboxylic acids is 2. The van der Waals surface area contributed by atoms with Crippen molar-refractivity contribution in [2.24, 2.45) is 17.6 Å². The molecule has 7 heteroatoms. The number of hydrogen-bond donors (Lipinski definition) is 4. The van der Waals surface area contributed by atoms with Crippen molar-refractivity contribution < 1.29 is 19.4 Å². The van der Waals surface area contributed by atoms with E-state index in [1.807, 2.05) is 20.8 Å². The highest BCUT2D eigenvalue weighted by atomic mass is 16.6. The third kappa shape index (κ3) is 7.13. The molecular weight excluding hydrogens is 358 g/mol. The molecule has 28 heavy (non-hydrogen) atoms. The predicted molar refractivity (Wildman–Crippen MR) is 109 cm³/mol. The van der Waals surface area contributed by atoms with Crippen LogP contribution in [0.15, 0.2) is 24.3 Å². The Balaban J connectivity index is 1.74. The average Bonchev–Trinajstić information content (AvgIpc) is 2.65. The Kier molecular flexibility index (Phi) is 7.83. The van der Waals surface area contributed by atoms with Crippen LogP contribution < -0.4 is 16.4 Å². The minimum absolute atomic E-state index is 0.0280. The quantitative estimate of drug-likeness (QED) is 0.595. The zero-order valence-corrected chi connectivity index (χ0v) is 17.0. The maximum Gasteiger partial charge on any atom is 0.407 e. The molecule has 1 aromatic carbocycles. The molecule has 0 bridgehead atoms. The molecule has 1 saturated carbocycles. The Morgan fingerprint density at radius 3 is 2.32 bits per heavy atom. The number of nitrogens with two attached hydrogens (primary N) is 1. The van der Waals surface area contributed by atoms with E-state index in [0.717, 1.165) is 31.2 Å². The maximum absolute atomic E-state index is 12.4.